The second-order valence-electron chi connectivity index (χ2n) is 4.75. The fourth-order valence-electron chi connectivity index (χ4n) is 2.26. The van der Waals surface area contributed by atoms with E-state index in [4.69, 9.17) is 4.42 Å². The summed E-state index contributed by atoms with van der Waals surface area (Å²) < 4.78 is 5.30. The molecule has 1 atom stereocenters. The molecule has 96 valence electrons. The van der Waals surface area contributed by atoms with E-state index >= 15 is 0 Å². The predicted molar refractivity (Wildman–Crippen MR) is 70.4 cm³/mol. The highest BCUT2D eigenvalue weighted by Gasteiger charge is 2.44. The molecule has 17 heavy (non-hydrogen) atoms. The molecule has 1 fully saturated rings. The van der Waals surface area contributed by atoms with Crippen molar-refractivity contribution < 1.29 is 9.52 Å². The summed E-state index contributed by atoms with van der Waals surface area (Å²) in [6.45, 7) is 5.20. The molecule has 3 nitrogen and oxygen atoms in total. The summed E-state index contributed by atoms with van der Waals surface area (Å²) in [4.78, 5) is 1.18. The van der Waals surface area contributed by atoms with Crippen molar-refractivity contribution in [3.63, 3.8) is 0 Å². The summed E-state index contributed by atoms with van der Waals surface area (Å²) in [5, 5.41) is 13.2. The van der Waals surface area contributed by atoms with E-state index in [-0.39, 0.29) is 12.1 Å². The largest absolute Gasteiger partial charge is 0.468 e. The average Bonchev–Trinajstić information content (AvgIpc) is 3.10. The van der Waals surface area contributed by atoms with Gasteiger partial charge in [0.05, 0.1) is 18.4 Å². The van der Waals surface area contributed by atoms with E-state index in [0.29, 0.717) is 5.92 Å². The van der Waals surface area contributed by atoms with E-state index in [9.17, 15) is 5.11 Å². The van der Waals surface area contributed by atoms with Gasteiger partial charge < -0.3 is 14.8 Å². The van der Waals surface area contributed by atoms with Crippen molar-refractivity contribution >= 4 is 11.8 Å². The molecule has 0 radical (unpaired) electrons. The topological polar surface area (TPSA) is 45.4 Å². The van der Waals surface area contributed by atoms with Crippen LogP contribution in [-0.2, 0) is 0 Å². The van der Waals surface area contributed by atoms with Gasteiger partial charge >= 0.3 is 0 Å². The number of aliphatic hydroxyl groups excluding tert-OH is 1. The number of furan rings is 1. The smallest absolute Gasteiger partial charge is 0.114 e. The molecule has 0 spiro atoms. The molecular formula is C13H21NO2S. The van der Waals surface area contributed by atoms with Crippen LogP contribution in [0, 0.1) is 12.8 Å². The van der Waals surface area contributed by atoms with Crippen molar-refractivity contribution in [2.24, 2.45) is 5.92 Å². The Hall–Kier alpha value is -0.450. The fourth-order valence-corrected chi connectivity index (χ4v) is 3.51. The van der Waals surface area contributed by atoms with Crippen molar-refractivity contribution in [3.05, 3.63) is 18.1 Å². The van der Waals surface area contributed by atoms with Gasteiger partial charge in [0.15, 0.2) is 0 Å². The second-order valence-corrected chi connectivity index (χ2v) is 5.77. The van der Waals surface area contributed by atoms with Crippen LogP contribution in [0.1, 0.15) is 25.5 Å². The van der Waals surface area contributed by atoms with E-state index < -0.39 is 0 Å². The molecular weight excluding hydrogens is 234 g/mol. The Morgan fingerprint density at radius 2 is 2.35 bits per heavy atom. The van der Waals surface area contributed by atoms with Gasteiger partial charge in [0, 0.05) is 10.6 Å². The molecule has 1 heterocycles. The zero-order chi connectivity index (χ0) is 12.3. The SMILES string of the molecule is CCNC(CO)(CSc1ccoc1C)C1CC1. The number of aryl methyl sites for hydroxylation is 1. The van der Waals surface area contributed by atoms with Crippen LogP contribution >= 0.6 is 11.8 Å². The second kappa shape index (κ2) is 5.46. The van der Waals surface area contributed by atoms with Crippen LogP contribution < -0.4 is 5.32 Å². The first-order valence-corrected chi connectivity index (χ1v) is 7.23. The third-order valence-electron chi connectivity index (χ3n) is 3.47. The van der Waals surface area contributed by atoms with Crippen LogP contribution in [0.3, 0.4) is 0 Å². The summed E-state index contributed by atoms with van der Waals surface area (Å²) in [6, 6.07) is 2.00. The van der Waals surface area contributed by atoms with E-state index in [1.54, 1.807) is 18.0 Å². The lowest BCUT2D eigenvalue weighted by molar-refractivity contribution is 0.161. The molecule has 0 amide bonds. The lowest BCUT2D eigenvalue weighted by Crippen LogP contribution is -2.52. The van der Waals surface area contributed by atoms with E-state index in [0.717, 1.165) is 18.1 Å². The Labute approximate surface area is 107 Å². The Kier molecular flexibility index (Phi) is 4.17. The van der Waals surface area contributed by atoms with Gasteiger partial charge in [-0.1, -0.05) is 6.92 Å². The third-order valence-corrected chi connectivity index (χ3v) is 4.86. The predicted octanol–water partition coefficient (Wildman–Crippen LogP) is 2.43. The first kappa shape index (κ1) is 13.0. The minimum atomic E-state index is -0.108. The molecule has 1 aromatic rings. The summed E-state index contributed by atoms with van der Waals surface area (Å²) >= 11 is 1.78. The molecule has 1 unspecified atom stereocenters. The van der Waals surface area contributed by atoms with Gasteiger partial charge in [-0.3, -0.25) is 0 Å². The molecule has 1 aliphatic rings. The van der Waals surface area contributed by atoms with Crippen molar-refractivity contribution in [2.75, 3.05) is 18.9 Å². The maximum Gasteiger partial charge on any atom is 0.114 e. The Bertz CT molecular complexity index is 362. The van der Waals surface area contributed by atoms with Gasteiger partial charge in [-0.15, -0.1) is 11.8 Å². The monoisotopic (exact) mass is 255 g/mol. The number of hydrogen-bond donors (Lipinski definition) is 2. The number of thioether (sulfide) groups is 1. The highest BCUT2D eigenvalue weighted by molar-refractivity contribution is 7.99. The van der Waals surface area contributed by atoms with E-state index in [1.165, 1.54) is 17.7 Å². The molecule has 1 saturated carbocycles. The van der Waals surface area contributed by atoms with Crippen LogP contribution in [-0.4, -0.2) is 29.5 Å². The molecule has 0 saturated heterocycles. The highest BCUT2D eigenvalue weighted by atomic mass is 32.2. The Balaban J connectivity index is 2.00. The van der Waals surface area contributed by atoms with Crippen molar-refractivity contribution in [2.45, 2.75) is 37.1 Å². The van der Waals surface area contributed by atoms with Gasteiger partial charge in [0.2, 0.25) is 0 Å². The van der Waals surface area contributed by atoms with Crippen LogP contribution in [0.5, 0.6) is 0 Å². The van der Waals surface area contributed by atoms with Crippen LogP contribution in [0.15, 0.2) is 21.6 Å². The Morgan fingerprint density at radius 1 is 1.59 bits per heavy atom. The van der Waals surface area contributed by atoms with Crippen LogP contribution in [0.2, 0.25) is 0 Å². The normalized spacial score (nSPS) is 19.2. The van der Waals surface area contributed by atoms with E-state index in [2.05, 4.69) is 12.2 Å². The van der Waals surface area contributed by atoms with Gasteiger partial charge in [-0.25, -0.2) is 0 Å². The van der Waals surface area contributed by atoms with Crippen LogP contribution in [0.4, 0.5) is 0 Å². The first-order chi connectivity index (χ1) is 8.22. The number of rotatable bonds is 7. The average molecular weight is 255 g/mol. The Morgan fingerprint density at radius 3 is 2.82 bits per heavy atom. The first-order valence-electron chi connectivity index (χ1n) is 6.24. The maximum atomic E-state index is 9.72. The summed E-state index contributed by atoms with van der Waals surface area (Å²) in [5.41, 5.74) is -0.108. The van der Waals surface area contributed by atoms with Gasteiger partial charge in [0.25, 0.3) is 0 Å². The lowest BCUT2D eigenvalue weighted by atomic mass is 9.97. The quantitative estimate of drug-likeness (QED) is 0.735. The summed E-state index contributed by atoms with van der Waals surface area (Å²) in [7, 11) is 0. The molecule has 0 aliphatic heterocycles. The molecule has 2 rings (SSSR count). The fraction of sp³-hybridized carbons (Fsp3) is 0.692. The van der Waals surface area contributed by atoms with E-state index in [1.807, 2.05) is 13.0 Å². The number of aliphatic hydroxyl groups is 1. The number of likely N-dealkylation sites (N-methyl/N-ethyl adjacent to an activating group) is 1. The summed E-state index contributed by atoms with van der Waals surface area (Å²) in [6.07, 6.45) is 4.19. The zero-order valence-corrected chi connectivity index (χ0v) is 11.3. The molecule has 1 aliphatic carbocycles. The number of hydrogen-bond acceptors (Lipinski definition) is 4. The van der Waals surface area contributed by atoms with Gasteiger partial charge in [0.1, 0.15) is 5.76 Å². The molecule has 2 N–H and O–H groups in total. The standard InChI is InChI=1S/C13H21NO2S/c1-3-14-13(8-15,11-4-5-11)9-17-12-6-7-16-10(12)2/h6-7,11,14-15H,3-5,8-9H2,1-2H3. The highest BCUT2D eigenvalue weighted by Crippen LogP contribution is 2.42. The number of nitrogens with one attached hydrogen (secondary N) is 1. The molecule has 1 aromatic heterocycles. The van der Waals surface area contributed by atoms with Crippen LogP contribution in [0.25, 0.3) is 0 Å². The summed E-state index contributed by atoms with van der Waals surface area (Å²) in [5.74, 6) is 2.50. The molecule has 4 heteroatoms. The zero-order valence-electron chi connectivity index (χ0n) is 10.5. The van der Waals surface area contributed by atoms with Crippen molar-refractivity contribution in [1.29, 1.82) is 0 Å². The van der Waals surface area contributed by atoms with Crippen molar-refractivity contribution in [3.8, 4) is 0 Å². The lowest BCUT2D eigenvalue weighted by Gasteiger charge is -2.32. The molecule has 0 aromatic carbocycles. The van der Waals surface area contributed by atoms with Gasteiger partial charge in [-0.05, 0) is 38.3 Å². The van der Waals surface area contributed by atoms with Crippen molar-refractivity contribution in [1.82, 2.24) is 5.32 Å². The third kappa shape index (κ3) is 2.87. The molecule has 0 bridgehead atoms. The maximum absolute atomic E-state index is 9.72. The van der Waals surface area contributed by atoms with Gasteiger partial charge in [-0.2, -0.15) is 0 Å². The minimum Gasteiger partial charge on any atom is -0.468 e. The minimum absolute atomic E-state index is 0.108.